The van der Waals surface area contributed by atoms with Gasteiger partial charge in [0.25, 0.3) is 11.6 Å². The number of benzene rings is 1. The van der Waals surface area contributed by atoms with Gasteiger partial charge in [-0.3, -0.25) is 24.7 Å². The lowest BCUT2D eigenvalue weighted by atomic mass is 10.2. The van der Waals surface area contributed by atoms with Crippen molar-refractivity contribution in [2.24, 2.45) is 5.10 Å². The number of hydrogen-bond donors (Lipinski definition) is 2. The number of nitrogens with zero attached hydrogens (tertiary/aromatic N) is 3. The van der Waals surface area contributed by atoms with Crippen LogP contribution in [0.4, 0.5) is 11.4 Å². The molecule has 128 valence electrons. The van der Waals surface area contributed by atoms with E-state index in [1.165, 1.54) is 24.4 Å². The number of anilines is 1. The number of carbonyl (C=O) groups excluding carboxylic acids is 2. The van der Waals surface area contributed by atoms with Crippen LogP contribution in [-0.4, -0.2) is 27.4 Å². The largest absolute Gasteiger partial charge is 0.324 e. The van der Waals surface area contributed by atoms with Gasteiger partial charge in [0.2, 0.25) is 5.91 Å². The normalized spacial score (nSPS) is 10.8. The number of aromatic nitrogens is 1. The first kappa shape index (κ1) is 17.7. The highest BCUT2D eigenvalue weighted by atomic mass is 16.6. The van der Waals surface area contributed by atoms with E-state index in [1.807, 2.05) is 0 Å². The summed E-state index contributed by atoms with van der Waals surface area (Å²) in [5, 5.41) is 17.2. The minimum atomic E-state index is -0.601. The van der Waals surface area contributed by atoms with Crippen molar-refractivity contribution in [2.45, 2.75) is 13.3 Å². The van der Waals surface area contributed by atoms with E-state index in [1.54, 1.807) is 25.3 Å². The molecule has 0 aliphatic carbocycles. The monoisotopic (exact) mass is 341 g/mol. The van der Waals surface area contributed by atoms with E-state index < -0.39 is 10.8 Å². The van der Waals surface area contributed by atoms with Gasteiger partial charge in [0, 0.05) is 29.6 Å². The van der Waals surface area contributed by atoms with Gasteiger partial charge < -0.3 is 5.32 Å². The van der Waals surface area contributed by atoms with Crippen LogP contribution in [0.5, 0.6) is 0 Å². The van der Waals surface area contributed by atoms with Crippen molar-refractivity contribution in [1.82, 2.24) is 10.4 Å². The Kier molecular flexibility index (Phi) is 5.88. The molecular weight excluding hydrogens is 326 g/mol. The minimum absolute atomic E-state index is 0.0237. The molecule has 0 spiro atoms. The van der Waals surface area contributed by atoms with Crippen molar-refractivity contribution < 1.29 is 14.5 Å². The molecule has 1 aromatic carbocycles. The van der Waals surface area contributed by atoms with Crippen molar-refractivity contribution in [3.63, 3.8) is 0 Å². The lowest BCUT2D eigenvalue weighted by molar-refractivity contribution is -0.384. The molecule has 0 radical (unpaired) electrons. The molecule has 0 aliphatic rings. The predicted molar refractivity (Wildman–Crippen MR) is 91.2 cm³/mol. The fraction of sp³-hybridized carbons (Fsp3) is 0.125. The van der Waals surface area contributed by atoms with Crippen molar-refractivity contribution in [1.29, 1.82) is 0 Å². The third-order valence-electron chi connectivity index (χ3n) is 3.03. The molecule has 25 heavy (non-hydrogen) atoms. The molecule has 2 N–H and O–H groups in total. The van der Waals surface area contributed by atoms with Crippen LogP contribution in [0.3, 0.4) is 0 Å². The summed E-state index contributed by atoms with van der Waals surface area (Å²) in [6.45, 7) is 1.58. The van der Waals surface area contributed by atoms with Crippen LogP contribution < -0.4 is 10.7 Å². The van der Waals surface area contributed by atoms with Gasteiger partial charge in [-0.1, -0.05) is 6.07 Å². The Morgan fingerprint density at radius 1 is 1.28 bits per heavy atom. The average molecular weight is 341 g/mol. The molecule has 0 saturated carbocycles. The summed E-state index contributed by atoms with van der Waals surface area (Å²) in [6.07, 6.45) is 3.07. The fourth-order valence-electron chi connectivity index (χ4n) is 1.89. The SMILES string of the molecule is C/C(CC(=O)Nc1cccnc1)=N/NC(=O)c1cccc([N+](=O)[O-])c1. The first-order valence-corrected chi connectivity index (χ1v) is 7.23. The number of pyridine rings is 1. The van der Waals surface area contributed by atoms with Crippen molar-refractivity contribution >= 4 is 28.9 Å². The minimum Gasteiger partial charge on any atom is -0.324 e. The second kappa shape index (κ2) is 8.29. The molecule has 1 aromatic heterocycles. The maximum atomic E-state index is 12.0. The first-order chi connectivity index (χ1) is 12.0. The molecule has 9 heteroatoms. The number of hydrogen-bond acceptors (Lipinski definition) is 6. The van der Waals surface area contributed by atoms with Crippen LogP contribution in [0.2, 0.25) is 0 Å². The number of nitro benzene ring substituents is 1. The second-order valence-electron chi connectivity index (χ2n) is 5.06. The van der Waals surface area contributed by atoms with E-state index in [0.29, 0.717) is 11.4 Å². The number of nitro groups is 1. The lowest BCUT2D eigenvalue weighted by Gasteiger charge is -2.05. The highest BCUT2D eigenvalue weighted by Gasteiger charge is 2.11. The summed E-state index contributed by atoms with van der Waals surface area (Å²) in [5.41, 5.74) is 3.11. The van der Waals surface area contributed by atoms with Crippen LogP contribution >= 0.6 is 0 Å². The number of carbonyl (C=O) groups is 2. The first-order valence-electron chi connectivity index (χ1n) is 7.23. The van der Waals surface area contributed by atoms with Gasteiger partial charge in [-0.2, -0.15) is 5.10 Å². The van der Waals surface area contributed by atoms with Crippen molar-refractivity contribution in [3.8, 4) is 0 Å². The molecule has 0 aliphatic heterocycles. The summed E-state index contributed by atoms with van der Waals surface area (Å²) in [4.78, 5) is 37.8. The maximum Gasteiger partial charge on any atom is 0.271 e. The summed E-state index contributed by atoms with van der Waals surface area (Å²) in [5.74, 6) is -0.908. The van der Waals surface area contributed by atoms with Gasteiger partial charge in [0.15, 0.2) is 0 Å². The molecule has 2 rings (SSSR count). The number of rotatable bonds is 6. The summed E-state index contributed by atoms with van der Waals surface area (Å²) in [6, 6.07) is 8.66. The number of non-ortho nitro benzene ring substituents is 1. The summed E-state index contributed by atoms with van der Waals surface area (Å²) < 4.78 is 0. The Labute approximate surface area is 142 Å². The number of hydrazone groups is 1. The van der Waals surface area contributed by atoms with Gasteiger partial charge in [0.05, 0.1) is 23.2 Å². The third kappa shape index (κ3) is 5.50. The second-order valence-corrected chi connectivity index (χ2v) is 5.06. The van der Waals surface area contributed by atoms with E-state index >= 15 is 0 Å². The van der Waals surface area contributed by atoms with Crippen molar-refractivity contribution in [3.05, 3.63) is 64.5 Å². The number of amides is 2. The van der Waals surface area contributed by atoms with Crippen LogP contribution in [0.1, 0.15) is 23.7 Å². The van der Waals surface area contributed by atoms with Gasteiger partial charge in [-0.25, -0.2) is 5.43 Å². The lowest BCUT2D eigenvalue weighted by Crippen LogP contribution is -2.21. The smallest absolute Gasteiger partial charge is 0.271 e. The van der Waals surface area contributed by atoms with Gasteiger partial charge >= 0.3 is 0 Å². The Balaban J connectivity index is 1.92. The van der Waals surface area contributed by atoms with E-state index in [0.717, 1.165) is 6.07 Å². The van der Waals surface area contributed by atoms with E-state index in [2.05, 4.69) is 20.8 Å². The highest BCUT2D eigenvalue weighted by Crippen LogP contribution is 2.12. The molecule has 0 fully saturated rings. The maximum absolute atomic E-state index is 12.0. The van der Waals surface area contributed by atoms with Crippen LogP contribution in [0.15, 0.2) is 53.9 Å². The predicted octanol–water partition coefficient (Wildman–Crippen LogP) is 2.12. The van der Waals surface area contributed by atoms with E-state index in [4.69, 9.17) is 0 Å². The average Bonchev–Trinajstić information content (AvgIpc) is 2.60. The van der Waals surface area contributed by atoms with Gasteiger partial charge in [0.1, 0.15) is 0 Å². The summed E-state index contributed by atoms with van der Waals surface area (Å²) >= 11 is 0. The van der Waals surface area contributed by atoms with Crippen molar-refractivity contribution in [2.75, 3.05) is 5.32 Å². The zero-order chi connectivity index (χ0) is 18.2. The van der Waals surface area contributed by atoms with Crippen LogP contribution in [0.25, 0.3) is 0 Å². The molecule has 0 bridgehead atoms. The molecule has 9 nitrogen and oxygen atoms in total. The molecule has 0 atom stereocenters. The molecule has 0 saturated heterocycles. The Morgan fingerprint density at radius 3 is 2.76 bits per heavy atom. The van der Waals surface area contributed by atoms with E-state index in [9.17, 15) is 19.7 Å². The van der Waals surface area contributed by atoms with Crippen LogP contribution in [-0.2, 0) is 4.79 Å². The molecule has 1 heterocycles. The highest BCUT2D eigenvalue weighted by molar-refractivity contribution is 6.06. The summed E-state index contributed by atoms with van der Waals surface area (Å²) in [7, 11) is 0. The fourth-order valence-corrected chi connectivity index (χ4v) is 1.89. The zero-order valence-corrected chi connectivity index (χ0v) is 13.3. The number of nitrogens with one attached hydrogen (secondary N) is 2. The van der Waals surface area contributed by atoms with E-state index in [-0.39, 0.29) is 23.6 Å². The Bertz CT molecular complexity index is 820. The molecular formula is C16H15N5O4. The standard InChI is InChI=1S/C16H15N5O4/c1-11(8-15(22)18-13-5-3-7-17-10-13)19-20-16(23)12-4-2-6-14(9-12)21(24)25/h2-7,9-10H,8H2,1H3,(H,18,22)(H,20,23)/b19-11-. The Morgan fingerprint density at radius 2 is 2.08 bits per heavy atom. The van der Waals surface area contributed by atoms with Gasteiger partial charge in [-0.15, -0.1) is 0 Å². The van der Waals surface area contributed by atoms with Crippen LogP contribution in [0, 0.1) is 10.1 Å². The molecule has 2 aromatic rings. The topological polar surface area (TPSA) is 127 Å². The molecule has 0 unspecified atom stereocenters. The third-order valence-corrected chi connectivity index (χ3v) is 3.03. The molecule has 2 amide bonds. The Hall–Kier alpha value is -3.62. The zero-order valence-electron chi connectivity index (χ0n) is 13.3. The van der Waals surface area contributed by atoms with Gasteiger partial charge in [-0.05, 0) is 25.1 Å². The quantitative estimate of drug-likeness (QED) is 0.473.